The SMILES string of the molecule is CCCCc1nnc(NC(=O)c2cccnc2Oc2ccc(Br)cc2)s1. The Morgan fingerprint density at radius 1 is 1.23 bits per heavy atom. The normalized spacial score (nSPS) is 10.5. The lowest BCUT2D eigenvalue weighted by Crippen LogP contribution is -2.13. The molecule has 0 fully saturated rings. The summed E-state index contributed by atoms with van der Waals surface area (Å²) in [6.45, 7) is 2.12. The first kappa shape index (κ1) is 18.5. The highest BCUT2D eigenvalue weighted by Crippen LogP contribution is 2.25. The molecule has 0 spiro atoms. The summed E-state index contributed by atoms with van der Waals surface area (Å²) < 4.78 is 6.70. The van der Waals surface area contributed by atoms with Crippen molar-refractivity contribution in [2.45, 2.75) is 26.2 Å². The van der Waals surface area contributed by atoms with Crippen molar-refractivity contribution in [2.24, 2.45) is 0 Å². The lowest BCUT2D eigenvalue weighted by Gasteiger charge is -2.09. The van der Waals surface area contributed by atoms with Crippen molar-refractivity contribution < 1.29 is 9.53 Å². The Balaban J connectivity index is 1.73. The number of rotatable bonds is 7. The lowest BCUT2D eigenvalue weighted by atomic mass is 10.2. The highest BCUT2D eigenvalue weighted by molar-refractivity contribution is 9.10. The number of hydrogen-bond acceptors (Lipinski definition) is 6. The van der Waals surface area contributed by atoms with Crippen LogP contribution in [0.5, 0.6) is 11.6 Å². The smallest absolute Gasteiger partial charge is 0.262 e. The number of carbonyl (C=O) groups excluding carboxylic acids is 1. The van der Waals surface area contributed by atoms with Gasteiger partial charge in [0.1, 0.15) is 16.3 Å². The Morgan fingerprint density at radius 2 is 2.04 bits per heavy atom. The standard InChI is InChI=1S/C18H17BrN4O2S/c1-2-3-6-15-22-23-18(26-15)21-16(24)14-5-4-11-20-17(14)25-13-9-7-12(19)8-10-13/h4-5,7-11H,2-3,6H2,1H3,(H,21,23,24). The molecule has 1 amide bonds. The van der Waals surface area contributed by atoms with Crippen LogP contribution in [0.2, 0.25) is 0 Å². The molecule has 0 unspecified atom stereocenters. The summed E-state index contributed by atoms with van der Waals surface area (Å²) >= 11 is 4.76. The summed E-state index contributed by atoms with van der Waals surface area (Å²) in [6, 6.07) is 10.7. The highest BCUT2D eigenvalue weighted by Gasteiger charge is 2.16. The van der Waals surface area contributed by atoms with Gasteiger partial charge in [-0.25, -0.2) is 4.98 Å². The number of nitrogens with one attached hydrogen (secondary N) is 1. The number of unbranched alkanes of at least 4 members (excludes halogenated alkanes) is 1. The van der Waals surface area contributed by atoms with Crippen LogP contribution in [0.4, 0.5) is 5.13 Å². The molecule has 0 saturated heterocycles. The molecule has 3 rings (SSSR count). The fraction of sp³-hybridized carbons (Fsp3) is 0.222. The molecule has 0 aliphatic heterocycles. The van der Waals surface area contributed by atoms with Gasteiger partial charge in [-0.15, -0.1) is 10.2 Å². The molecule has 0 radical (unpaired) electrons. The van der Waals surface area contributed by atoms with E-state index in [4.69, 9.17) is 4.74 Å². The zero-order valence-corrected chi connectivity index (χ0v) is 16.5. The summed E-state index contributed by atoms with van der Waals surface area (Å²) in [6.07, 6.45) is 4.59. The van der Waals surface area contributed by atoms with E-state index in [0.717, 1.165) is 28.7 Å². The minimum atomic E-state index is -0.330. The topological polar surface area (TPSA) is 77.0 Å². The Labute approximate surface area is 163 Å². The van der Waals surface area contributed by atoms with Crippen molar-refractivity contribution in [3.63, 3.8) is 0 Å². The fourth-order valence-corrected chi connectivity index (χ4v) is 3.20. The lowest BCUT2D eigenvalue weighted by molar-refractivity contribution is 0.102. The van der Waals surface area contributed by atoms with E-state index in [1.54, 1.807) is 30.5 Å². The third-order valence-electron chi connectivity index (χ3n) is 3.48. The molecule has 0 saturated carbocycles. The molecule has 0 atom stereocenters. The minimum absolute atomic E-state index is 0.239. The maximum atomic E-state index is 12.6. The zero-order chi connectivity index (χ0) is 18.4. The van der Waals surface area contributed by atoms with Gasteiger partial charge in [0.2, 0.25) is 11.0 Å². The first-order valence-corrected chi connectivity index (χ1v) is 9.79. The molecule has 0 bridgehead atoms. The molecule has 134 valence electrons. The van der Waals surface area contributed by atoms with Crippen LogP contribution in [0.3, 0.4) is 0 Å². The van der Waals surface area contributed by atoms with E-state index in [9.17, 15) is 4.79 Å². The Bertz CT molecular complexity index is 883. The molecule has 1 N–H and O–H groups in total. The molecular formula is C18H17BrN4O2S. The van der Waals surface area contributed by atoms with E-state index in [-0.39, 0.29) is 11.8 Å². The summed E-state index contributed by atoms with van der Waals surface area (Å²) in [7, 11) is 0. The van der Waals surface area contributed by atoms with Crippen LogP contribution < -0.4 is 10.1 Å². The van der Waals surface area contributed by atoms with E-state index in [1.165, 1.54) is 11.3 Å². The van der Waals surface area contributed by atoms with Crippen molar-refractivity contribution >= 4 is 38.3 Å². The van der Waals surface area contributed by atoms with Crippen molar-refractivity contribution in [2.75, 3.05) is 5.32 Å². The average Bonchev–Trinajstić information content (AvgIpc) is 3.09. The van der Waals surface area contributed by atoms with Crippen LogP contribution in [0.25, 0.3) is 0 Å². The predicted molar refractivity (Wildman–Crippen MR) is 105 cm³/mol. The minimum Gasteiger partial charge on any atom is -0.438 e. The van der Waals surface area contributed by atoms with Gasteiger partial charge >= 0.3 is 0 Å². The van der Waals surface area contributed by atoms with Crippen molar-refractivity contribution in [1.82, 2.24) is 15.2 Å². The fourth-order valence-electron chi connectivity index (χ4n) is 2.16. The molecule has 26 heavy (non-hydrogen) atoms. The molecule has 2 aromatic heterocycles. The molecule has 3 aromatic rings. The van der Waals surface area contributed by atoms with Crippen LogP contribution in [0.1, 0.15) is 35.1 Å². The third kappa shape index (κ3) is 4.86. The van der Waals surface area contributed by atoms with Gasteiger partial charge in [0.15, 0.2) is 0 Å². The van der Waals surface area contributed by atoms with Crippen LogP contribution in [-0.2, 0) is 6.42 Å². The van der Waals surface area contributed by atoms with Gasteiger partial charge in [-0.1, -0.05) is 40.6 Å². The van der Waals surface area contributed by atoms with E-state index in [2.05, 4.69) is 43.4 Å². The third-order valence-corrected chi connectivity index (χ3v) is 4.90. The summed E-state index contributed by atoms with van der Waals surface area (Å²) in [5.74, 6) is 0.505. The predicted octanol–water partition coefficient (Wildman–Crippen LogP) is 5.08. The Kier molecular flexibility index (Phi) is 6.30. The monoisotopic (exact) mass is 432 g/mol. The molecule has 8 heteroatoms. The highest BCUT2D eigenvalue weighted by atomic mass is 79.9. The number of pyridine rings is 1. The largest absolute Gasteiger partial charge is 0.438 e. The van der Waals surface area contributed by atoms with Crippen molar-refractivity contribution in [3.05, 3.63) is 57.6 Å². The van der Waals surface area contributed by atoms with E-state index in [1.807, 2.05) is 12.1 Å². The number of halogens is 1. The van der Waals surface area contributed by atoms with Gasteiger partial charge in [0.25, 0.3) is 5.91 Å². The van der Waals surface area contributed by atoms with E-state index < -0.39 is 0 Å². The molecule has 0 aliphatic rings. The molecule has 1 aromatic carbocycles. The summed E-state index contributed by atoms with van der Waals surface area (Å²) in [5, 5.41) is 12.3. The second-order valence-electron chi connectivity index (χ2n) is 5.47. The van der Waals surface area contributed by atoms with Gasteiger partial charge in [0, 0.05) is 17.1 Å². The molecule has 6 nitrogen and oxygen atoms in total. The molecule has 0 aliphatic carbocycles. The number of carbonyl (C=O) groups is 1. The average molecular weight is 433 g/mol. The number of benzene rings is 1. The van der Waals surface area contributed by atoms with Gasteiger partial charge in [-0.05, 0) is 42.8 Å². The van der Waals surface area contributed by atoms with Crippen LogP contribution in [-0.4, -0.2) is 21.1 Å². The Hall–Kier alpha value is -2.32. The van der Waals surface area contributed by atoms with Crippen LogP contribution in [0, 0.1) is 0 Å². The Morgan fingerprint density at radius 3 is 2.81 bits per heavy atom. The summed E-state index contributed by atoms with van der Waals surface area (Å²) in [4.78, 5) is 16.8. The van der Waals surface area contributed by atoms with Crippen LogP contribution in [0.15, 0.2) is 47.1 Å². The van der Waals surface area contributed by atoms with Gasteiger partial charge < -0.3 is 4.74 Å². The quantitative estimate of drug-likeness (QED) is 0.562. The maximum Gasteiger partial charge on any atom is 0.262 e. The van der Waals surface area contributed by atoms with E-state index in [0.29, 0.717) is 16.4 Å². The van der Waals surface area contributed by atoms with Crippen molar-refractivity contribution in [3.8, 4) is 11.6 Å². The first-order chi connectivity index (χ1) is 12.7. The number of anilines is 1. The first-order valence-electron chi connectivity index (χ1n) is 8.18. The summed E-state index contributed by atoms with van der Waals surface area (Å²) in [5.41, 5.74) is 0.334. The van der Waals surface area contributed by atoms with Crippen LogP contribution >= 0.6 is 27.3 Å². The van der Waals surface area contributed by atoms with E-state index >= 15 is 0 Å². The van der Waals surface area contributed by atoms with Gasteiger partial charge in [-0.2, -0.15) is 0 Å². The second kappa shape index (κ2) is 8.86. The molecule has 2 heterocycles. The number of hydrogen-bond donors (Lipinski definition) is 1. The zero-order valence-electron chi connectivity index (χ0n) is 14.1. The number of nitrogens with zero attached hydrogens (tertiary/aromatic N) is 3. The molecular weight excluding hydrogens is 416 g/mol. The van der Waals surface area contributed by atoms with Gasteiger partial charge in [0.05, 0.1) is 0 Å². The van der Waals surface area contributed by atoms with Crippen molar-refractivity contribution in [1.29, 1.82) is 0 Å². The number of aryl methyl sites for hydroxylation is 1. The number of ether oxygens (including phenoxy) is 1. The maximum absolute atomic E-state index is 12.6. The number of aromatic nitrogens is 3. The number of amides is 1. The second-order valence-corrected chi connectivity index (χ2v) is 7.45. The van der Waals surface area contributed by atoms with Gasteiger partial charge in [-0.3, -0.25) is 10.1 Å².